The summed E-state index contributed by atoms with van der Waals surface area (Å²) in [5, 5.41) is 7.73. The molecule has 2 rings (SSSR count). The van der Waals surface area contributed by atoms with Crippen molar-refractivity contribution in [1.82, 2.24) is 15.2 Å². The molecular formula is C15H16N4O5S. The Kier molecular flexibility index (Phi) is 6.12. The van der Waals surface area contributed by atoms with Crippen LogP contribution in [0.1, 0.15) is 24.2 Å². The van der Waals surface area contributed by atoms with Crippen LogP contribution < -0.4 is 16.6 Å². The lowest BCUT2D eigenvalue weighted by atomic mass is 10.2. The second kappa shape index (κ2) is 8.29. The summed E-state index contributed by atoms with van der Waals surface area (Å²) in [6.45, 7) is 3.59. The first kappa shape index (κ1) is 18.5. The Balaban J connectivity index is 2.00. The molecule has 0 aliphatic carbocycles. The van der Waals surface area contributed by atoms with E-state index in [1.807, 2.05) is 4.98 Å². The molecule has 0 fully saturated rings. The van der Waals surface area contributed by atoms with Crippen molar-refractivity contribution < 1.29 is 14.3 Å². The highest BCUT2D eigenvalue weighted by atomic mass is 32.2. The summed E-state index contributed by atoms with van der Waals surface area (Å²) in [6, 6.07) is 6.23. The fourth-order valence-corrected chi connectivity index (χ4v) is 2.54. The number of ether oxygens (including phenoxy) is 1. The third-order valence-corrected chi connectivity index (χ3v) is 4.07. The number of benzene rings is 1. The van der Waals surface area contributed by atoms with Crippen LogP contribution in [0.4, 0.5) is 5.69 Å². The van der Waals surface area contributed by atoms with Crippen LogP contribution in [-0.2, 0) is 9.53 Å². The molecule has 10 heteroatoms. The zero-order valence-corrected chi connectivity index (χ0v) is 14.3. The molecule has 0 aliphatic heterocycles. The summed E-state index contributed by atoms with van der Waals surface area (Å²) in [4.78, 5) is 48.3. The van der Waals surface area contributed by atoms with Gasteiger partial charge in [0.1, 0.15) is 0 Å². The van der Waals surface area contributed by atoms with Crippen molar-refractivity contribution in [3.8, 4) is 0 Å². The molecule has 0 radical (unpaired) electrons. The first-order valence-electron chi connectivity index (χ1n) is 7.34. The van der Waals surface area contributed by atoms with E-state index >= 15 is 0 Å². The van der Waals surface area contributed by atoms with Gasteiger partial charge >= 0.3 is 11.7 Å². The van der Waals surface area contributed by atoms with Gasteiger partial charge in [0.25, 0.3) is 5.56 Å². The van der Waals surface area contributed by atoms with Gasteiger partial charge in [-0.2, -0.15) is 5.10 Å². The largest absolute Gasteiger partial charge is 0.462 e. The van der Waals surface area contributed by atoms with Crippen molar-refractivity contribution in [1.29, 1.82) is 0 Å². The molecule has 1 atom stereocenters. The van der Waals surface area contributed by atoms with Gasteiger partial charge in [-0.05, 0) is 38.1 Å². The molecule has 0 saturated carbocycles. The molecule has 0 bridgehead atoms. The second-order valence-electron chi connectivity index (χ2n) is 4.86. The van der Waals surface area contributed by atoms with Gasteiger partial charge in [0.05, 0.1) is 17.4 Å². The molecule has 0 aliphatic rings. The standard InChI is InChI=1S/C15H16N4O5S/c1-3-24-14(22)9-4-6-10(7-5-9)16-11(20)8(2)25-13-12(21)17-15(23)19-18-13/h4-8H,3H2,1-2H3,(H,16,20)(H2,17,19,21,23). The maximum absolute atomic E-state index is 12.2. The number of nitrogens with one attached hydrogen (secondary N) is 3. The molecule has 132 valence electrons. The summed E-state index contributed by atoms with van der Waals surface area (Å²) in [7, 11) is 0. The minimum atomic E-state index is -0.715. The predicted molar refractivity (Wildman–Crippen MR) is 91.8 cm³/mol. The number of nitrogens with zero attached hydrogens (tertiary/aromatic N) is 1. The van der Waals surface area contributed by atoms with E-state index in [0.29, 0.717) is 11.3 Å². The SMILES string of the molecule is CCOC(=O)c1ccc(NC(=O)C(C)Sc2n[nH]c(=O)[nH]c2=O)cc1. The van der Waals surface area contributed by atoms with Crippen LogP contribution in [0, 0.1) is 0 Å². The fourth-order valence-electron chi connectivity index (χ4n) is 1.79. The molecule has 0 saturated heterocycles. The number of rotatable bonds is 6. The van der Waals surface area contributed by atoms with Gasteiger partial charge in [0, 0.05) is 5.69 Å². The van der Waals surface area contributed by atoms with E-state index in [-0.39, 0.29) is 17.5 Å². The monoisotopic (exact) mass is 364 g/mol. The minimum Gasteiger partial charge on any atom is -0.462 e. The normalized spacial score (nSPS) is 11.6. The third kappa shape index (κ3) is 5.05. The number of H-pyrrole nitrogens is 2. The highest BCUT2D eigenvalue weighted by Crippen LogP contribution is 2.19. The minimum absolute atomic E-state index is 0.0140. The number of thioether (sulfide) groups is 1. The van der Waals surface area contributed by atoms with Crippen LogP contribution in [0.5, 0.6) is 0 Å². The topological polar surface area (TPSA) is 134 Å². The third-order valence-electron chi connectivity index (χ3n) is 3.00. The number of carbonyl (C=O) groups excluding carboxylic acids is 2. The van der Waals surface area contributed by atoms with Crippen molar-refractivity contribution in [2.45, 2.75) is 24.1 Å². The van der Waals surface area contributed by atoms with Gasteiger partial charge in [-0.3, -0.25) is 14.6 Å². The van der Waals surface area contributed by atoms with E-state index in [4.69, 9.17) is 4.74 Å². The Morgan fingerprint density at radius 2 is 1.96 bits per heavy atom. The van der Waals surface area contributed by atoms with E-state index in [2.05, 4.69) is 15.5 Å². The van der Waals surface area contributed by atoms with E-state index in [1.165, 1.54) is 0 Å². The number of hydrogen-bond donors (Lipinski definition) is 3. The molecule has 1 heterocycles. The molecular weight excluding hydrogens is 348 g/mol. The zero-order valence-electron chi connectivity index (χ0n) is 13.5. The van der Waals surface area contributed by atoms with Gasteiger partial charge in [0.2, 0.25) is 5.91 Å². The van der Waals surface area contributed by atoms with E-state index < -0.39 is 22.5 Å². The molecule has 1 aromatic heterocycles. The molecule has 25 heavy (non-hydrogen) atoms. The number of aromatic amines is 2. The summed E-state index contributed by atoms with van der Waals surface area (Å²) >= 11 is 0.910. The number of amides is 1. The number of aromatic nitrogens is 3. The maximum atomic E-state index is 12.2. The Morgan fingerprint density at radius 1 is 1.28 bits per heavy atom. The van der Waals surface area contributed by atoms with Crippen LogP contribution in [0.3, 0.4) is 0 Å². The molecule has 1 amide bonds. The number of esters is 1. The van der Waals surface area contributed by atoms with Gasteiger partial charge in [-0.15, -0.1) is 0 Å². The Bertz CT molecular complexity index is 874. The zero-order chi connectivity index (χ0) is 18.4. The second-order valence-corrected chi connectivity index (χ2v) is 6.19. The average Bonchev–Trinajstić information content (AvgIpc) is 2.58. The Labute approximate surface area is 146 Å². The predicted octanol–water partition coefficient (Wildman–Crippen LogP) is 0.754. The van der Waals surface area contributed by atoms with Crippen molar-refractivity contribution >= 4 is 29.3 Å². The molecule has 2 aromatic rings. The van der Waals surface area contributed by atoms with Gasteiger partial charge in [-0.1, -0.05) is 11.8 Å². The molecule has 0 spiro atoms. The van der Waals surface area contributed by atoms with Crippen molar-refractivity contribution in [3.63, 3.8) is 0 Å². The lowest BCUT2D eigenvalue weighted by molar-refractivity contribution is -0.115. The van der Waals surface area contributed by atoms with E-state index in [0.717, 1.165) is 11.8 Å². The highest BCUT2D eigenvalue weighted by Gasteiger charge is 2.18. The first-order valence-corrected chi connectivity index (χ1v) is 8.22. The maximum Gasteiger partial charge on any atom is 0.342 e. The Hall–Kier alpha value is -2.88. The van der Waals surface area contributed by atoms with Crippen LogP contribution in [0.2, 0.25) is 0 Å². The summed E-state index contributed by atoms with van der Waals surface area (Å²) in [6.07, 6.45) is 0. The Morgan fingerprint density at radius 3 is 2.56 bits per heavy atom. The average molecular weight is 364 g/mol. The molecule has 9 nitrogen and oxygen atoms in total. The number of carbonyl (C=O) groups is 2. The van der Waals surface area contributed by atoms with E-state index in [1.54, 1.807) is 38.1 Å². The highest BCUT2D eigenvalue weighted by molar-refractivity contribution is 8.00. The van der Waals surface area contributed by atoms with Gasteiger partial charge < -0.3 is 10.1 Å². The van der Waals surface area contributed by atoms with E-state index in [9.17, 15) is 19.2 Å². The van der Waals surface area contributed by atoms with Crippen LogP contribution in [0.15, 0.2) is 38.9 Å². The molecule has 1 aromatic carbocycles. The van der Waals surface area contributed by atoms with Crippen molar-refractivity contribution in [3.05, 3.63) is 50.7 Å². The van der Waals surface area contributed by atoms with Crippen LogP contribution in [-0.4, -0.2) is 38.9 Å². The first-order chi connectivity index (χ1) is 11.9. The lowest BCUT2D eigenvalue weighted by Crippen LogP contribution is -2.28. The number of anilines is 1. The molecule has 3 N–H and O–H groups in total. The van der Waals surface area contributed by atoms with Crippen LogP contribution >= 0.6 is 11.8 Å². The molecule has 1 unspecified atom stereocenters. The fraction of sp³-hybridized carbons (Fsp3) is 0.267. The smallest absolute Gasteiger partial charge is 0.342 e. The van der Waals surface area contributed by atoms with Crippen molar-refractivity contribution in [2.75, 3.05) is 11.9 Å². The van der Waals surface area contributed by atoms with Gasteiger partial charge in [0.15, 0.2) is 5.03 Å². The lowest BCUT2D eigenvalue weighted by Gasteiger charge is -2.11. The number of hydrogen-bond acceptors (Lipinski definition) is 7. The summed E-state index contributed by atoms with van der Waals surface area (Å²) in [5.41, 5.74) is -0.500. The summed E-state index contributed by atoms with van der Waals surface area (Å²) < 4.78 is 4.88. The quantitative estimate of drug-likeness (QED) is 0.509. The summed E-state index contributed by atoms with van der Waals surface area (Å²) in [5.74, 6) is -0.797. The van der Waals surface area contributed by atoms with Gasteiger partial charge in [-0.25, -0.2) is 14.7 Å². The van der Waals surface area contributed by atoms with Crippen LogP contribution in [0.25, 0.3) is 0 Å². The van der Waals surface area contributed by atoms with Crippen molar-refractivity contribution in [2.24, 2.45) is 0 Å².